The summed E-state index contributed by atoms with van der Waals surface area (Å²) >= 11 is 0. The molecule has 0 aromatic heterocycles. The van der Waals surface area contributed by atoms with Gasteiger partial charge in [-0.15, -0.1) is 0 Å². The van der Waals surface area contributed by atoms with E-state index in [0.717, 1.165) is 79.4 Å². The lowest BCUT2D eigenvalue weighted by Gasteiger charge is -2.31. The van der Waals surface area contributed by atoms with Gasteiger partial charge in [0.2, 0.25) is 0 Å². The van der Waals surface area contributed by atoms with E-state index in [-0.39, 0.29) is 0 Å². The average Bonchev–Trinajstić information content (AvgIpc) is 0.720. The molecule has 0 heterocycles. The van der Waals surface area contributed by atoms with Crippen LogP contribution in [-0.2, 0) is 0 Å². The number of hydrogen-bond donors (Lipinski definition) is 0. The van der Waals surface area contributed by atoms with E-state index in [4.69, 9.17) is 0 Å². The van der Waals surface area contributed by atoms with Crippen LogP contribution in [0.1, 0.15) is 0 Å². The second-order valence-corrected chi connectivity index (χ2v) is 33.7. The molecule has 24 aromatic rings. The highest BCUT2D eigenvalue weighted by molar-refractivity contribution is 6.30. The maximum absolute atomic E-state index is 2.47. The Morgan fingerprint density at radius 3 is 0.530 bits per heavy atom. The molecule has 0 fully saturated rings. The zero-order valence-corrected chi connectivity index (χ0v) is 72.6. The van der Waals surface area contributed by atoms with Gasteiger partial charge in [0.25, 0.3) is 0 Å². The van der Waals surface area contributed by atoms with Gasteiger partial charge in [-0.1, -0.05) is 425 Å². The van der Waals surface area contributed by atoms with Crippen LogP contribution in [0.15, 0.2) is 534 Å². The summed E-state index contributed by atoms with van der Waals surface area (Å²) in [6.45, 7) is 0. The van der Waals surface area contributed by atoms with Gasteiger partial charge in [0.15, 0.2) is 0 Å². The molecule has 0 unspecified atom stereocenters. The fraction of sp³-hybridized carbons (Fsp3) is 0. The third-order valence-electron chi connectivity index (χ3n) is 26.0. The van der Waals surface area contributed by atoms with Crippen molar-refractivity contribution in [2.45, 2.75) is 0 Å². The topological polar surface area (TPSA) is 13.0 Å². The molecule has 24 aromatic carbocycles. The molecule has 0 saturated heterocycles. The van der Waals surface area contributed by atoms with Crippen molar-refractivity contribution in [3.8, 4) is 89.0 Å². The number of nitrogens with zero attached hydrogens (tertiary/aromatic N) is 4. The smallest absolute Gasteiger partial charge is 0.0546 e. The molecule has 0 N–H and O–H groups in total. The molecule has 4 heteroatoms. The third kappa shape index (κ3) is 14.9. The van der Waals surface area contributed by atoms with Gasteiger partial charge >= 0.3 is 0 Å². The van der Waals surface area contributed by atoms with Crippen molar-refractivity contribution in [1.82, 2.24) is 0 Å². The Hall–Kier alpha value is -17.4. The molecule has 0 aliphatic carbocycles. The number of rotatable bonds is 20. The summed E-state index contributed by atoms with van der Waals surface area (Å²) in [6.07, 6.45) is 0. The molecule has 0 amide bonds. The van der Waals surface area contributed by atoms with E-state index in [9.17, 15) is 0 Å². The maximum atomic E-state index is 2.47. The van der Waals surface area contributed by atoms with Crippen LogP contribution in [0.5, 0.6) is 0 Å². The second kappa shape index (κ2) is 35.1. The van der Waals surface area contributed by atoms with Gasteiger partial charge in [0.1, 0.15) is 0 Å². The predicted molar refractivity (Wildman–Crippen MR) is 563 cm³/mol. The summed E-state index contributed by atoms with van der Waals surface area (Å²) in [5.74, 6) is 0. The van der Waals surface area contributed by atoms with Gasteiger partial charge in [-0.3, -0.25) is 0 Å². The molecule has 0 radical (unpaired) electrons. The first kappa shape index (κ1) is 79.2. The number of anilines is 12. The SMILES string of the molecule is c1ccc(-c2ccc(-c3ccccc3)c(N(c3ccccc3)c3ccc4ccc5c(N(c6ccccc6)c6cc(-c7ccccc7)ccc6-c6ccccc6)ccc6ccc3c4c65)c2)cc1.c1ccc(-c2ccc(N(c3ccccc3)c3ccc4ccc5c(N(c6ccccc6)c6ccc(-c7ccccc7)cc6-c6ccccc6)ccc6ccc3c4c65)c(-c3ccccc3)c2)cc1. The second-order valence-electron chi connectivity index (χ2n) is 33.7. The van der Waals surface area contributed by atoms with Crippen LogP contribution in [0.25, 0.3) is 154 Å². The Bertz CT molecular complexity index is 7710. The summed E-state index contributed by atoms with van der Waals surface area (Å²) in [5, 5.41) is 14.6. The monoisotopic (exact) mass is 1680 g/mol. The first-order valence-corrected chi connectivity index (χ1v) is 45.3. The van der Waals surface area contributed by atoms with Crippen LogP contribution in [-0.4, -0.2) is 0 Å². The first-order chi connectivity index (χ1) is 65.5. The van der Waals surface area contributed by atoms with Gasteiger partial charge in [-0.25, -0.2) is 0 Å². The van der Waals surface area contributed by atoms with Crippen LogP contribution in [0, 0.1) is 0 Å². The highest BCUT2D eigenvalue weighted by Gasteiger charge is 2.29. The van der Waals surface area contributed by atoms with Crippen molar-refractivity contribution in [2.24, 2.45) is 0 Å². The Labute approximate surface area is 769 Å². The van der Waals surface area contributed by atoms with E-state index in [1.165, 1.54) is 143 Å². The molecule has 0 aliphatic heterocycles. The average molecular weight is 1680 g/mol. The normalized spacial score (nSPS) is 11.3. The minimum absolute atomic E-state index is 1.10. The standard InChI is InChI=1S/2C64H44N2/c1-7-19-45(20-8-1)51-33-37-55(47-23-11-3-12-24-47)61(43-51)65(53-27-15-5-16-28-53)59-41-35-49-32-40-58-60(42-36-50-31-39-57(59)63(49)64(50)58)66(54-29-17-6-18-30-54)62-44-52(46-21-9-2-10-22-46)34-38-56(62)48-25-13-4-14-26-48;1-7-19-45(20-8-1)51-35-41-61(57(43-51)47-23-11-3-12-24-47)65(53-27-15-5-16-28-53)59-39-33-49-32-38-56-60(40-34-50-31-37-55(59)63(49)64(50)56)66(54-29-17-6-18-30-54)62-42-36-52(46-21-9-2-10-22-46)44-58(62)48-25-13-4-14-26-48/h2*1-44H. The predicted octanol–water partition coefficient (Wildman–Crippen LogP) is 36.4. The zero-order chi connectivity index (χ0) is 87.6. The molecule has 4 nitrogen and oxygen atoms in total. The number of hydrogen-bond acceptors (Lipinski definition) is 4. The van der Waals surface area contributed by atoms with E-state index in [1.807, 2.05) is 0 Å². The number of para-hydroxylation sites is 4. The van der Waals surface area contributed by atoms with Gasteiger partial charge in [0.05, 0.1) is 45.5 Å². The maximum Gasteiger partial charge on any atom is 0.0546 e. The van der Waals surface area contributed by atoms with E-state index in [2.05, 4.69) is 553 Å². The van der Waals surface area contributed by atoms with Crippen molar-refractivity contribution < 1.29 is 0 Å². The van der Waals surface area contributed by atoms with Crippen molar-refractivity contribution >= 4 is 133 Å². The Balaban J connectivity index is 0.000000150. The Morgan fingerprint density at radius 1 is 0.106 bits per heavy atom. The molecule has 0 aliphatic rings. The largest absolute Gasteiger partial charge is 0.309 e. The summed E-state index contributed by atoms with van der Waals surface area (Å²) < 4.78 is 0. The van der Waals surface area contributed by atoms with Gasteiger partial charge < -0.3 is 19.6 Å². The van der Waals surface area contributed by atoms with Gasteiger partial charge in [-0.2, -0.15) is 0 Å². The lowest BCUT2D eigenvalue weighted by Crippen LogP contribution is -2.13. The fourth-order valence-electron chi connectivity index (χ4n) is 19.8. The Kier molecular flexibility index (Phi) is 21.0. The van der Waals surface area contributed by atoms with E-state index >= 15 is 0 Å². The highest BCUT2D eigenvalue weighted by Crippen LogP contribution is 2.55. The summed E-state index contributed by atoms with van der Waals surface area (Å²) in [6, 6.07) is 194. The van der Waals surface area contributed by atoms with Crippen molar-refractivity contribution in [3.05, 3.63) is 534 Å². The molecule has 24 rings (SSSR count). The first-order valence-electron chi connectivity index (χ1n) is 45.3. The minimum atomic E-state index is 1.10. The molecule has 0 bridgehead atoms. The molecule has 0 spiro atoms. The van der Waals surface area contributed by atoms with Crippen molar-refractivity contribution in [3.63, 3.8) is 0 Å². The van der Waals surface area contributed by atoms with E-state index in [0.29, 0.717) is 0 Å². The molecule has 0 atom stereocenters. The van der Waals surface area contributed by atoms with Crippen LogP contribution >= 0.6 is 0 Å². The van der Waals surface area contributed by atoms with Gasteiger partial charge in [0, 0.05) is 66.5 Å². The van der Waals surface area contributed by atoms with E-state index < -0.39 is 0 Å². The van der Waals surface area contributed by atoms with Crippen LogP contribution in [0.4, 0.5) is 68.2 Å². The molecular weight excluding hydrogens is 1590 g/mol. The van der Waals surface area contributed by atoms with E-state index in [1.54, 1.807) is 0 Å². The van der Waals surface area contributed by atoms with Crippen molar-refractivity contribution in [1.29, 1.82) is 0 Å². The minimum Gasteiger partial charge on any atom is -0.309 e. The molecular formula is C128H88N4. The zero-order valence-electron chi connectivity index (χ0n) is 72.6. The molecule has 0 saturated carbocycles. The Morgan fingerprint density at radius 2 is 0.288 bits per heavy atom. The van der Waals surface area contributed by atoms with Crippen molar-refractivity contribution in [2.75, 3.05) is 19.6 Å². The van der Waals surface area contributed by atoms with Gasteiger partial charge in [-0.05, 0) is 219 Å². The van der Waals surface area contributed by atoms with Crippen LogP contribution in [0.2, 0.25) is 0 Å². The fourth-order valence-corrected chi connectivity index (χ4v) is 19.8. The highest BCUT2D eigenvalue weighted by atomic mass is 15.2. The molecule has 132 heavy (non-hydrogen) atoms. The third-order valence-corrected chi connectivity index (χ3v) is 26.0. The lowest BCUT2D eigenvalue weighted by molar-refractivity contribution is 1.30. The number of benzene rings is 24. The quantitative estimate of drug-likeness (QED) is 0.0705. The lowest BCUT2D eigenvalue weighted by atomic mass is 9.91. The van der Waals surface area contributed by atoms with Crippen LogP contribution < -0.4 is 19.6 Å². The van der Waals surface area contributed by atoms with Crippen LogP contribution in [0.3, 0.4) is 0 Å². The molecule has 620 valence electrons. The summed E-state index contributed by atoms with van der Waals surface area (Å²) in [7, 11) is 0. The summed E-state index contributed by atoms with van der Waals surface area (Å²) in [4.78, 5) is 9.86. The summed E-state index contributed by atoms with van der Waals surface area (Å²) in [5.41, 5.74) is 32.1.